The summed E-state index contributed by atoms with van der Waals surface area (Å²) in [5.74, 6) is 1.02. The molecule has 0 saturated heterocycles. The zero-order chi connectivity index (χ0) is 17.1. The number of rotatable bonds is 4. The summed E-state index contributed by atoms with van der Waals surface area (Å²) in [6.45, 7) is 0. The van der Waals surface area contributed by atoms with Crippen molar-refractivity contribution in [3.8, 4) is 17.3 Å². The third-order valence-corrected chi connectivity index (χ3v) is 3.60. The summed E-state index contributed by atoms with van der Waals surface area (Å²) < 4.78 is 18.9. The molecule has 0 radical (unpaired) electrons. The summed E-state index contributed by atoms with van der Waals surface area (Å²) in [6, 6.07) is 9.89. The number of halogens is 1. The normalized spacial score (nSPS) is 10.6. The average molecular weight is 325 g/mol. The molecule has 0 saturated carbocycles. The van der Waals surface area contributed by atoms with Crippen molar-refractivity contribution in [3.63, 3.8) is 0 Å². The number of methoxy groups -OCH3 is 1. The van der Waals surface area contributed by atoms with Crippen LogP contribution in [0.1, 0.15) is 11.1 Å². The zero-order valence-electron chi connectivity index (χ0n) is 13.0. The summed E-state index contributed by atoms with van der Waals surface area (Å²) in [5.41, 5.74) is 13.5. The number of anilines is 2. The molecule has 7 heteroatoms. The second-order valence-corrected chi connectivity index (χ2v) is 5.15. The number of nitrogen functional groups attached to an aromatic ring is 2. The van der Waals surface area contributed by atoms with Crippen molar-refractivity contribution in [3.05, 3.63) is 59.5 Å². The SMILES string of the molecule is COc1ccc(-c2nc(N)c(Cc3ccccc3F)c(N)n2)nc1. The minimum Gasteiger partial charge on any atom is -0.495 e. The first kappa shape index (κ1) is 15.7. The third kappa shape index (κ3) is 3.10. The van der Waals surface area contributed by atoms with Crippen LogP contribution in [0.4, 0.5) is 16.0 Å². The van der Waals surface area contributed by atoms with Crippen LogP contribution >= 0.6 is 0 Å². The van der Waals surface area contributed by atoms with Gasteiger partial charge >= 0.3 is 0 Å². The first-order chi connectivity index (χ1) is 11.6. The smallest absolute Gasteiger partial charge is 0.182 e. The summed E-state index contributed by atoms with van der Waals surface area (Å²) >= 11 is 0. The minimum atomic E-state index is -0.322. The van der Waals surface area contributed by atoms with E-state index in [1.54, 1.807) is 43.6 Å². The molecular formula is C17H16FN5O. The van der Waals surface area contributed by atoms with Gasteiger partial charge in [0.25, 0.3) is 0 Å². The van der Waals surface area contributed by atoms with Gasteiger partial charge in [-0.2, -0.15) is 0 Å². The largest absolute Gasteiger partial charge is 0.495 e. The molecule has 0 aliphatic rings. The maximum atomic E-state index is 13.8. The van der Waals surface area contributed by atoms with Crippen molar-refractivity contribution in [2.75, 3.05) is 18.6 Å². The fourth-order valence-electron chi connectivity index (χ4n) is 2.28. The van der Waals surface area contributed by atoms with Gasteiger partial charge in [-0.3, -0.25) is 0 Å². The first-order valence-corrected chi connectivity index (χ1v) is 7.24. The van der Waals surface area contributed by atoms with E-state index < -0.39 is 0 Å². The van der Waals surface area contributed by atoms with Crippen molar-refractivity contribution in [1.82, 2.24) is 15.0 Å². The lowest BCUT2D eigenvalue weighted by atomic mass is 10.1. The van der Waals surface area contributed by atoms with Crippen LogP contribution in [0.5, 0.6) is 5.75 Å². The third-order valence-electron chi connectivity index (χ3n) is 3.60. The number of aromatic nitrogens is 3. The van der Waals surface area contributed by atoms with Crippen molar-refractivity contribution in [2.24, 2.45) is 0 Å². The number of nitrogens with two attached hydrogens (primary N) is 2. The molecule has 0 aliphatic heterocycles. The van der Waals surface area contributed by atoms with Crippen LogP contribution in [0.2, 0.25) is 0 Å². The molecule has 24 heavy (non-hydrogen) atoms. The van der Waals surface area contributed by atoms with Gasteiger partial charge in [-0.05, 0) is 23.8 Å². The van der Waals surface area contributed by atoms with E-state index in [2.05, 4.69) is 15.0 Å². The van der Waals surface area contributed by atoms with E-state index in [1.807, 2.05) is 0 Å². The van der Waals surface area contributed by atoms with Gasteiger partial charge in [-0.15, -0.1) is 0 Å². The molecule has 2 heterocycles. The van der Waals surface area contributed by atoms with E-state index in [0.29, 0.717) is 28.4 Å². The highest BCUT2D eigenvalue weighted by Gasteiger charge is 2.14. The Balaban J connectivity index is 1.95. The molecule has 0 atom stereocenters. The van der Waals surface area contributed by atoms with Gasteiger partial charge in [-0.25, -0.2) is 19.3 Å². The topological polar surface area (TPSA) is 99.9 Å². The maximum absolute atomic E-state index is 13.8. The average Bonchev–Trinajstić information content (AvgIpc) is 2.59. The predicted octanol–water partition coefficient (Wildman–Crippen LogP) is 2.44. The molecule has 6 nitrogen and oxygen atoms in total. The van der Waals surface area contributed by atoms with E-state index in [4.69, 9.17) is 16.2 Å². The number of ether oxygens (including phenoxy) is 1. The van der Waals surface area contributed by atoms with Crippen LogP contribution in [0.3, 0.4) is 0 Å². The Labute approximate surface area is 138 Å². The minimum absolute atomic E-state index is 0.207. The molecule has 4 N–H and O–H groups in total. The van der Waals surface area contributed by atoms with Gasteiger partial charge in [0.05, 0.1) is 13.3 Å². The lowest BCUT2D eigenvalue weighted by Gasteiger charge is -2.11. The maximum Gasteiger partial charge on any atom is 0.182 e. The molecule has 0 aliphatic carbocycles. The van der Waals surface area contributed by atoms with E-state index in [-0.39, 0.29) is 23.9 Å². The highest BCUT2D eigenvalue weighted by molar-refractivity contribution is 5.62. The van der Waals surface area contributed by atoms with Crippen LogP contribution in [-0.2, 0) is 6.42 Å². The lowest BCUT2D eigenvalue weighted by Crippen LogP contribution is -2.09. The highest BCUT2D eigenvalue weighted by Crippen LogP contribution is 2.25. The second-order valence-electron chi connectivity index (χ2n) is 5.15. The summed E-state index contributed by atoms with van der Waals surface area (Å²) in [6.07, 6.45) is 1.78. The van der Waals surface area contributed by atoms with Gasteiger partial charge < -0.3 is 16.2 Å². The van der Waals surface area contributed by atoms with Crippen LogP contribution < -0.4 is 16.2 Å². The Morgan fingerprint density at radius 3 is 2.33 bits per heavy atom. The summed E-state index contributed by atoms with van der Waals surface area (Å²) in [5, 5.41) is 0. The van der Waals surface area contributed by atoms with Crippen LogP contribution in [0.15, 0.2) is 42.6 Å². The van der Waals surface area contributed by atoms with Gasteiger partial charge in [0.1, 0.15) is 28.9 Å². The fourth-order valence-corrected chi connectivity index (χ4v) is 2.28. The molecule has 2 aromatic heterocycles. The predicted molar refractivity (Wildman–Crippen MR) is 89.8 cm³/mol. The Bertz CT molecular complexity index is 844. The van der Waals surface area contributed by atoms with Crippen LogP contribution in [0.25, 0.3) is 11.5 Å². The molecule has 0 unspecified atom stereocenters. The number of hydrogen-bond acceptors (Lipinski definition) is 6. The molecule has 0 amide bonds. The Morgan fingerprint density at radius 2 is 1.75 bits per heavy atom. The highest BCUT2D eigenvalue weighted by atomic mass is 19.1. The van der Waals surface area contributed by atoms with E-state index in [9.17, 15) is 4.39 Å². The summed E-state index contributed by atoms with van der Waals surface area (Å²) in [4.78, 5) is 12.7. The Kier molecular flexibility index (Phi) is 4.24. The number of benzene rings is 1. The molecule has 0 fully saturated rings. The molecule has 122 valence electrons. The molecule has 0 bridgehead atoms. The van der Waals surface area contributed by atoms with Crippen molar-refractivity contribution in [2.45, 2.75) is 6.42 Å². The number of hydrogen-bond donors (Lipinski definition) is 2. The van der Waals surface area contributed by atoms with Gasteiger partial charge in [-0.1, -0.05) is 18.2 Å². The van der Waals surface area contributed by atoms with Crippen LogP contribution in [0, 0.1) is 5.82 Å². The van der Waals surface area contributed by atoms with E-state index in [0.717, 1.165) is 0 Å². The van der Waals surface area contributed by atoms with E-state index in [1.165, 1.54) is 6.07 Å². The van der Waals surface area contributed by atoms with Crippen molar-refractivity contribution >= 4 is 11.6 Å². The Hall–Kier alpha value is -3.22. The molecule has 1 aromatic carbocycles. The monoisotopic (exact) mass is 325 g/mol. The fraction of sp³-hybridized carbons (Fsp3) is 0.118. The quantitative estimate of drug-likeness (QED) is 0.764. The second kappa shape index (κ2) is 6.49. The molecular weight excluding hydrogens is 309 g/mol. The van der Waals surface area contributed by atoms with Gasteiger partial charge in [0.2, 0.25) is 0 Å². The molecule has 3 aromatic rings. The standard InChI is InChI=1S/C17H16FN5O/c1-24-11-6-7-14(21-9-11)17-22-15(19)12(16(20)23-17)8-10-4-2-3-5-13(10)18/h2-7,9H,8H2,1H3,(H4,19,20,22,23). The summed E-state index contributed by atoms with van der Waals surface area (Å²) in [7, 11) is 1.56. The van der Waals surface area contributed by atoms with Crippen molar-refractivity contribution in [1.29, 1.82) is 0 Å². The number of pyridine rings is 1. The zero-order valence-corrected chi connectivity index (χ0v) is 13.0. The Morgan fingerprint density at radius 1 is 1.04 bits per heavy atom. The molecule has 0 spiro atoms. The van der Waals surface area contributed by atoms with E-state index >= 15 is 0 Å². The molecule has 3 rings (SSSR count). The number of nitrogens with zero attached hydrogens (tertiary/aromatic N) is 3. The van der Waals surface area contributed by atoms with Crippen LogP contribution in [-0.4, -0.2) is 22.1 Å². The van der Waals surface area contributed by atoms with Gasteiger partial charge in [0, 0.05) is 12.0 Å². The lowest BCUT2D eigenvalue weighted by molar-refractivity contribution is 0.413. The first-order valence-electron chi connectivity index (χ1n) is 7.24. The van der Waals surface area contributed by atoms with Crippen molar-refractivity contribution < 1.29 is 9.13 Å². The van der Waals surface area contributed by atoms with Gasteiger partial charge in [0.15, 0.2) is 5.82 Å².